The van der Waals surface area contributed by atoms with Crippen molar-refractivity contribution in [2.45, 2.75) is 52.4 Å². The van der Waals surface area contributed by atoms with Crippen LogP contribution in [0, 0.1) is 20.8 Å². The van der Waals surface area contributed by atoms with Crippen molar-refractivity contribution in [3.05, 3.63) is 58.7 Å². The Morgan fingerprint density at radius 3 is 2.29 bits per heavy atom. The number of rotatable bonds is 10. The predicted molar refractivity (Wildman–Crippen MR) is 123 cm³/mol. The minimum atomic E-state index is -3.96. The third kappa shape index (κ3) is 6.85. The zero-order valence-electron chi connectivity index (χ0n) is 18.8. The van der Waals surface area contributed by atoms with Crippen LogP contribution >= 0.6 is 0 Å². The highest BCUT2D eigenvalue weighted by Crippen LogP contribution is 2.29. The van der Waals surface area contributed by atoms with Crippen molar-refractivity contribution in [1.82, 2.24) is 4.72 Å². The second-order valence-corrected chi connectivity index (χ2v) is 9.01. The molecule has 1 N–H and O–H groups in total. The van der Waals surface area contributed by atoms with E-state index in [0.717, 1.165) is 29.5 Å². The van der Waals surface area contributed by atoms with Crippen molar-refractivity contribution in [2.75, 3.05) is 13.2 Å². The molecule has 0 aliphatic heterocycles. The SMILES string of the molecule is CCCCOc1ccc(/C=C/C(=O)NS(=O)(=O)c2cc(C)c(C)c(C)c2)cc1OCC. The highest BCUT2D eigenvalue weighted by atomic mass is 32.2. The molecule has 2 aromatic carbocycles. The molecule has 31 heavy (non-hydrogen) atoms. The van der Waals surface area contributed by atoms with Crippen molar-refractivity contribution in [2.24, 2.45) is 0 Å². The summed E-state index contributed by atoms with van der Waals surface area (Å²) in [5.74, 6) is 0.501. The number of amides is 1. The molecule has 1 amide bonds. The van der Waals surface area contributed by atoms with E-state index < -0.39 is 15.9 Å². The Bertz CT molecular complexity index is 1030. The van der Waals surface area contributed by atoms with Gasteiger partial charge in [-0.15, -0.1) is 0 Å². The molecule has 0 unspecified atom stereocenters. The summed E-state index contributed by atoms with van der Waals surface area (Å²) in [4.78, 5) is 12.3. The van der Waals surface area contributed by atoms with E-state index in [2.05, 4.69) is 11.6 Å². The largest absolute Gasteiger partial charge is 0.490 e. The first-order valence-electron chi connectivity index (χ1n) is 10.4. The Hall–Kier alpha value is -2.80. The second kappa shape index (κ2) is 11.0. The molecule has 0 fully saturated rings. The molecule has 0 heterocycles. The number of carbonyl (C=O) groups is 1. The van der Waals surface area contributed by atoms with Crippen LogP contribution in [-0.4, -0.2) is 27.5 Å². The number of sulfonamides is 1. The Labute approximate surface area is 185 Å². The van der Waals surface area contributed by atoms with Gasteiger partial charge in [0.1, 0.15) is 0 Å². The Morgan fingerprint density at radius 1 is 1.00 bits per heavy atom. The van der Waals surface area contributed by atoms with Gasteiger partial charge < -0.3 is 9.47 Å². The first-order chi connectivity index (χ1) is 14.7. The molecule has 0 bridgehead atoms. The van der Waals surface area contributed by atoms with Crippen LogP contribution in [0.25, 0.3) is 6.08 Å². The molecule has 0 saturated carbocycles. The van der Waals surface area contributed by atoms with Crippen molar-refractivity contribution in [3.8, 4) is 11.5 Å². The van der Waals surface area contributed by atoms with Gasteiger partial charge in [-0.1, -0.05) is 19.4 Å². The van der Waals surface area contributed by atoms with Crippen molar-refractivity contribution in [1.29, 1.82) is 0 Å². The molecule has 0 aliphatic rings. The van der Waals surface area contributed by atoms with Crippen LogP contribution in [0.3, 0.4) is 0 Å². The summed E-state index contributed by atoms with van der Waals surface area (Å²) < 4.78 is 38.6. The summed E-state index contributed by atoms with van der Waals surface area (Å²) in [6, 6.07) is 8.46. The summed E-state index contributed by atoms with van der Waals surface area (Å²) in [6.45, 7) is 10.7. The highest BCUT2D eigenvalue weighted by Gasteiger charge is 2.18. The van der Waals surface area contributed by atoms with Gasteiger partial charge in [-0.3, -0.25) is 4.79 Å². The van der Waals surface area contributed by atoms with E-state index >= 15 is 0 Å². The quantitative estimate of drug-likeness (QED) is 0.423. The smallest absolute Gasteiger partial charge is 0.264 e. The minimum absolute atomic E-state index is 0.0714. The fourth-order valence-electron chi connectivity index (χ4n) is 2.89. The number of ether oxygens (including phenoxy) is 2. The maximum absolute atomic E-state index is 12.6. The average Bonchev–Trinajstić information content (AvgIpc) is 2.71. The number of unbranched alkanes of at least 4 members (excludes halogenated alkanes) is 1. The average molecular weight is 446 g/mol. The number of nitrogens with one attached hydrogen (secondary N) is 1. The second-order valence-electron chi connectivity index (χ2n) is 7.33. The third-order valence-electron chi connectivity index (χ3n) is 4.90. The lowest BCUT2D eigenvalue weighted by Crippen LogP contribution is -2.29. The predicted octanol–water partition coefficient (Wildman–Crippen LogP) is 4.71. The Morgan fingerprint density at radius 2 is 1.68 bits per heavy atom. The van der Waals surface area contributed by atoms with E-state index in [1.165, 1.54) is 12.2 Å². The summed E-state index contributed by atoms with van der Waals surface area (Å²) in [5, 5.41) is 0. The molecule has 7 heteroatoms. The monoisotopic (exact) mass is 445 g/mol. The van der Waals surface area contributed by atoms with Crippen LogP contribution in [0.5, 0.6) is 11.5 Å². The van der Waals surface area contributed by atoms with Crippen molar-refractivity contribution >= 4 is 22.0 Å². The molecule has 0 aromatic heterocycles. The van der Waals surface area contributed by atoms with Gasteiger partial charge in [-0.25, -0.2) is 13.1 Å². The van der Waals surface area contributed by atoms with Crippen LogP contribution in [0.15, 0.2) is 41.3 Å². The van der Waals surface area contributed by atoms with Gasteiger partial charge in [0.2, 0.25) is 0 Å². The molecule has 168 valence electrons. The zero-order chi connectivity index (χ0) is 23.0. The van der Waals surface area contributed by atoms with E-state index in [4.69, 9.17) is 9.47 Å². The van der Waals surface area contributed by atoms with Gasteiger partial charge in [0.25, 0.3) is 15.9 Å². The number of hydrogen-bond acceptors (Lipinski definition) is 5. The molecule has 0 aliphatic carbocycles. The number of carbonyl (C=O) groups excluding carboxylic acids is 1. The first kappa shape index (κ1) is 24.5. The summed E-state index contributed by atoms with van der Waals surface area (Å²) in [6.07, 6.45) is 4.70. The van der Waals surface area contributed by atoms with E-state index in [-0.39, 0.29) is 4.90 Å². The van der Waals surface area contributed by atoms with E-state index in [9.17, 15) is 13.2 Å². The lowest BCUT2D eigenvalue weighted by Gasteiger charge is -2.12. The topological polar surface area (TPSA) is 81.7 Å². The molecule has 0 atom stereocenters. The molecule has 0 saturated heterocycles. The van der Waals surface area contributed by atoms with Gasteiger partial charge in [0.05, 0.1) is 18.1 Å². The molecule has 6 nitrogen and oxygen atoms in total. The lowest BCUT2D eigenvalue weighted by atomic mass is 10.1. The standard InChI is InChI=1S/C24H31NO5S/c1-6-8-13-30-22-11-9-20(16-23(22)29-7-2)10-12-24(26)25-31(27,28)21-14-17(3)19(5)18(4)15-21/h9-12,14-16H,6-8,13H2,1-5H3,(H,25,26)/b12-10+. The number of hydrogen-bond donors (Lipinski definition) is 1. The Kier molecular flexibility index (Phi) is 8.68. The summed E-state index contributed by atoms with van der Waals surface area (Å²) in [5.41, 5.74) is 3.43. The normalized spacial score (nSPS) is 11.5. The van der Waals surface area contributed by atoms with Crippen molar-refractivity contribution in [3.63, 3.8) is 0 Å². The zero-order valence-corrected chi connectivity index (χ0v) is 19.6. The molecule has 0 spiro atoms. The Balaban J connectivity index is 2.14. The van der Waals surface area contributed by atoms with Gasteiger partial charge in [0.15, 0.2) is 11.5 Å². The van der Waals surface area contributed by atoms with E-state index in [0.29, 0.717) is 30.3 Å². The van der Waals surface area contributed by atoms with Gasteiger partial charge in [-0.05, 0) is 86.7 Å². The first-order valence-corrected chi connectivity index (χ1v) is 11.9. The molecule has 2 aromatic rings. The third-order valence-corrected chi connectivity index (χ3v) is 6.22. The van der Waals surface area contributed by atoms with Crippen LogP contribution in [0.1, 0.15) is 48.9 Å². The summed E-state index contributed by atoms with van der Waals surface area (Å²) >= 11 is 0. The van der Waals surface area contributed by atoms with Crippen LogP contribution < -0.4 is 14.2 Å². The fraction of sp³-hybridized carbons (Fsp3) is 0.375. The van der Waals surface area contributed by atoms with Crippen LogP contribution in [0.2, 0.25) is 0 Å². The summed E-state index contributed by atoms with van der Waals surface area (Å²) in [7, 11) is -3.96. The maximum Gasteiger partial charge on any atom is 0.264 e. The van der Waals surface area contributed by atoms with E-state index in [1.807, 2.05) is 27.7 Å². The molecule has 2 rings (SSSR count). The number of aryl methyl sites for hydroxylation is 2. The maximum atomic E-state index is 12.6. The van der Waals surface area contributed by atoms with Gasteiger partial charge >= 0.3 is 0 Å². The van der Waals surface area contributed by atoms with E-state index in [1.54, 1.807) is 30.3 Å². The molecular formula is C24H31NO5S. The minimum Gasteiger partial charge on any atom is -0.490 e. The van der Waals surface area contributed by atoms with Crippen molar-refractivity contribution < 1.29 is 22.7 Å². The number of benzene rings is 2. The van der Waals surface area contributed by atoms with Crippen LogP contribution in [-0.2, 0) is 14.8 Å². The lowest BCUT2D eigenvalue weighted by molar-refractivity contribution is -0.114. The highest BCUT2D eigenvalue weighted by molar-refractivity contribution is 7.90. The molecule has 0 radical (unpaired) electrons. The fourth-order valence-corrected chi connectivity index (χ4v) is 4.01. The van der Waals surface area contributed by atoms with Gasteiger partial charge in [-0.2, -0.15) is 0 Å². The van der Waals surface area contributed by atoms with Gasteiger partial charge in [0, 0.05) is 6.08 Å². The molecular weight excluding hydrogens is 414 g/mol. The van der Waals surface area contributed by atoms with Crippen LogP contribution in [0.4, 0.5) is 0 Å².